The number of carbonyl (C=O) groups is 1. The zero-order valence-corrected chi connectivity index (χ0v) is 20.4. The maximum absolute atomic E-state index is 13.7. The molecule has 35 heavy (non-hydrogen) atoms. The Balaban J connectivity index is 1.27. The Kier molecular flexibility index (Phi) is 4.14. The molecule has 1 amide bonds. The molecule has 2 saturated carbocycles. The Morgan fingerprint density at radius 2 is 2.09 bits per heavy atom. The number of nitrogens with zero attached hydrogens (tertiary/aromatic N) is 3. The van der Waals surface area contributed by atoms with Crippen molar-refractivity contribution in [3.8, 4) is 11.5 Å². The van der Waals surface area contributed by atoms with E-state index in [9.17, 15) is 4.79 Å². The highest BCUT2D eigenvalue weighted by Gasteiger charge is 2.74. The zero-order valence-electron chi connectivity index (χ0n) is 20.4. The second-order valence-corrected chi connectivity index (χ2v) is 11.8. The molecule has 9 rings (SSSR count). The van der Waals surface area contributed by atoms with Gasteiger partial charge >= 0.3 is 0 Å². The van der Waals surface area contributed by atoms with Crippen LogP contribution in [-0.2, 0) is 23.1 Å². The number of hydrogen-bond donors (Lipinski definition) is 0. The van der Waals surface area contributed by atoms with E-state index in [4.69, 9.17) is 14.0 Å². The van der Waals surface area contributed by atoms with E-state index < -0.39 is 0 Å². The summed E-state index contributed by atoms with van der Waals surface area (Å²) in [6, 6.07) is 6.82. The van der Waals surface area contributed by atoms with Crippen LogP contribution in [0.1, 0.15) is 55.3 Å². The van der Waals surface area contributed by atoms with Gasteiger partial charge in [0.05, 0.1) is 25.3 Å². The highest BCUT2D eigenvalue weighted by atomic mass is 16.5. The molecular weight excluding hydrogens is 442 g/mol. The number of piperidine rings is 1. The number of amides is 1. The first-order valence-electron chi connectivity index (χ1n) is 13.4. The van der Waals surface area contributed by atoms with E-state index in [-0.39, 0.29) is 28.9 Å². The van der Waals surface area contributed by atoms with Gasteiger partial charge in [0, 0.05) is 41.6 Å². The summed E-state index contributed by atoms with van der Waals surface area (Å²) >= 11 is 0. The predicted molar refractivity (Wildman–Crippen MR) is 127 cm³/mol. The molecular formula is C28H33N3O4. The van der Waals surface area contributed by atoms with Crippen LogP contribution in [0.15, 0.2) is 29.0 Å². The summed E-state index contributed by atoms with van der Waals surface area (Å²) < 4.78 is 17.8. The van der Waals surface area contributed by atoms with E-state index >= 15 is 0 Å². The molecule has 0 unspecified atom stereocenters. The van der Waals surface area contributed by atoms with Gasteiger partial charge in [-0.1, -0.05) is 11.2 Å². The van der Waals surface area contributed by atoms with Crippen LogP contribution in [0.2, 0.25) is 0 Å². The third kappa shape index (κ3) is 2.55. The fourth-order valence-corrected chi connectivity index (χ4v) is 9.03. The average Bonchev–Trinajstić information content (AvgIpc) is 3.49. The van der Waals surface area contributed by atoms with Crippen LogP contribution in [0.4, 0.5) is 0 Å². The molecule has 7 aliphatic rings. The molecule has 0 N–H and O–H groups in total. The van der Waals surface area contributed by atoms with Crippen LogP contribution in [0, 0.1) is 11.3 Å². The van der Waals surface area contributed by atoms with Gasteiger partial charge in [0.1, 0.15) is 12.4 Å². The largest absolute Gasteiger partial charge is 0.493 e. The summed E-state index contributed by atoms with van der Waals surface area (Å²) in [5, 5.41) is 4.01. The van der Waals surface area contributed by atoms with Crippen LogP contribution in [-0.4, -0.2) is 65.8 Å². The first-order chi connectivity index (χ1) is 17.1. The number of rotatable bonds is 5. The second-order valence-electron chi connectivity index (χ2n) is 11.8. The van der Waals surface area contributed by atoms with Crippen molar-refractivity contribution < 1.29 is 18.8 Å². The lowest BCUT2D eigenvalue weighted by molar-refractivity contribution is -0.143. The maximum atomic E-state index is 13.7. The zero-order chi connectivity index (χ0) is 23.4. The van der Waals surface area contributed by atoms with E-state index in [1.54, 1.807) is 19.4 Å². The highest BCUT2D eigenvalue weighted by Crippen LogP contribution is 2.71. The number of likely N-dealkylation sites (tertiary alicyclic amines) is 1. The van der Waals surface area contributed by atoms with Gasteiger partial charge in [-0.15, -0.1) is 0 Å². The summed E-state index contributed by atoms with van der Waals surface area (Å²) in [6.07, 6.45) is 10.1. The molecule has 7 nitrogen and oxygen atoms in total. The molecule has 4 aliphatic heterocycles. The summed E-state index contributed by atoms with van der Waals surface area (Å²) in [5.74, 6) is 2.84. The van der Waals surface area contributed by atoms with Gasteiger partial charge in [-0.2, -0.15) is 0 Å². The van der Waals surface area contributed by atoms with Gasteiger partial charge < -0.3 is 18.9 Å². The molecule has 2 aromatic rings. The van der Waals surface area contributed by atoms with Crippen molar-refractivity contribution in [1.29, 1.82) is 0 Å². The Labute approximate surface area is 205 Å². The molecule has 2 spiro atoms. The van der Waals surface area contributed by atoms with E-state index in [0.717, 1.165) is 56.2 Å². The van der Waals surface area contributed by atoms with E-state index in [2.05, 4.69) is 27.1 Å². The standard InChI is InChI=1S/C28H33N3O4/c1-33-21-5-4-18-14-22-27-8-6-20(31(12-9-27)23(32)15-19-7-13-34-29-19)26-28(27,24(18)25(21)35-26)10-11-30(22)16-17-2-3-17/h4-5,7,13,17,20,22,26H,2-3,6,8-12,14-16H2,1H3/t20-,22-,26+,27-,28+/m1/s1. The number of aromatic nitrogens is 1. The minimum absolute atomic E-state index is 0.00376. The first kappa shape index (κ1) is 20.6. The van der Waals surface area contributed by atoms with Crippen molar-refractivity contribution in [2.75, 3.05) is 26.7 Å². The van der Waals surface area contributed by atoms with Gasteiger partial charge in [-0.25, -0.2) is 0 Å². The summed E-state index contributed by atoms with van der Waals surface area (Å²) in [5.41, 5.74) is 3.71. The molecule has 1 aromatic carbocycles. The minimum Gasteiger partial charge on any atom is -0.493 e. The Morgan fingerprint density at radius 3 is 2.89 bits per heavy atom. The van der Waals surface area contributed by atoms with Crippen molar-refractivity contribution >= 4 is 5.91 Å². The molecule has 5 fully saturated rings. The Hall–Kier alpha value is -2.54. The lowest BCUT2D eigenvalue weighted by Gasteiger charge is -2.66. The minimum atomic E-state index is -0.0268. The van der Waals surface area contributed by atoms with Crippen LogP contribution in [0.3, 0.4) is 0 Å². The molecule has 5 heterocycles. The van der Waals surface area contributed by atoms with Crippen molar-refractivity contribution in [3.63, 3.8) is 0 Å². The smallest absolute Gasteiger partial charge is 0.229 e. The van der Waals surface area contributed by atoms with Crippen molar-refractivity contribution in [3.05, 3.63) is 41.3 Å². The molecule has 4 bridgehead atoms. The Bertz CT molecular complexity index is 1190. The molecule has 5 atom stereocenters. The molecule has 3 aliphatic carbocycles. The van der Waals surface area contributed by atoms with Gasteiger partial charge in [0.2, 0.25) is 5.91 Å². The topological polar surface area (TPSA) is 68.0 Å². The lowest BCUT2D eigenvalue weighted by Crippen LogP contribution is -2.72. The fraction of sp³-hybridized carbons (Fsp3) is 0.643. The van der Waals surface area contributed by atoms with Crippen LogP contribution < -0.4 is 9.47 Å². The third-order valence-electron chi connectivity index (χ3n) is 10.5. The fourth-order valence-electron chi connectivity index (χ4n) is 9.03. The summed E-state index contributed by atoms with van der Waals surface area (Å²) in [7, 11) is 1.75. The number of ether oxygens (including phenoxy) is 2. The van der Waals surface area contributed by atoms with Gasteiger partial charge in [-0.3, -0.25) is 9.69 Å². The van der Waals surface area contributed by atoms with Crippen LogP contribution in [0.5, 0.6) is 11.5 Å². The number of methoxy groups -OCH3 is 1. The second kappa shape index (κ2) is 7.02. The normalized spacial score (nSPS) is 36.5. The molecule has 0 radical (unpaired) electrons. The molecule has 184 valence electrons. The van der Waals surface area contributed by atoms with E-state index in [1.165, 1.54) is 36.9 Å². The third-order valence-corrected chi connectivity index (χ3v) is 10.5. The van der Waals surface area contributed by atoms with Gasteiger partial charge in [-0.05, 0) is 69.0 Å². The number of fused-ring (bicyclic) bond motifs is 3. The van der Waals surface area contributed by atoms with Gasteiger partial charge in [0.25, 0.3) is 0 Å². The highest BCUT2D eigenvalue weighted by molar-refractivity contribution is 5.79. The quantitative estimate of drug-likeness (QED) is 0.661. The van der Waals surface area contributed by atoms with Crippen molar-refractivity contribution in [1.82, 2.24) is 15.0 Å². The number of hydrogen-bond acceptors (Lipinski definition) is 6. The van der Waals surface area contributed by atoms with Crippen molar-refractivity contribution in [2.24, 2.45) is 11.3 Å². The summed E-state index contributed by atoms with van der Waals surface area (Å²) in [6.45, 7) is 3.19. The maximum Gasteiger partial charge on any atom is 0.229 e. The summed E-state index contributed by atoms with van der Waals surface area (Å²) in [4.78, 5) is 18.7. The monoisotopic (exact) mass is 475 g/mol. The number of carbonyl (C=O) groups excluding carboxylic acids is 1. The van der Waals surface area contributed by atoms with Crippen LogP contribution in [0.25, 0.3) is 0 Å². The molecule has 3 saturated heterocycles. The number of benzene rings is 1. The SMILES string of the molecule is COc1ccc2c3c1O[C@H]1[C@H]4CC[C@@]5(CCN4C(=O)Cc4ccon4)[C@@H](C2)N(CC2CC2)CC[C@]315. The predicted octanol–water partition coefficient (Wildman–Crippen LogP) is 3.35. The lowest BCUT2D eigenvalue weighted by atomic mass is 9.42. The van der Waals surface area contributed by atoms with E-state index in [1.807, 2.05) is 0 Å². The van der Waals surface area contributed by atoms with Crippen LogP contribution >= 0.6 is 0 Å². The first-order valence-corrected chi connectivity index (χ1v) is 13.4. The molecule has 7 heteroatoms. The van der Waals surface area contributed by atoms with Gasteiger partial charge in [0.15, 0.2) is 11.5 Å². The van der Waals surface area contributed by atoms with E-state index in [0.29, 0.717) is 18.2 Å². The van der Waals surface area contributed by atoms with Crippen molar-refractivity contribution in [2.45, 2.75) is 75.0 Å². The Morgan fingerprint density at radius 1 is 1.17 bits per heavy atom. The average molecular weight is 476 g/mol. The molecule has 1 aromatic heterocycles.